The molecule has 0 spiro atoms. The van der Waals surface area contributed by atoms with Crippen LogP contribution in [0.15, 0.2) is 18.2 Å². The molecule has 0 aliphatic carbocycles. The summed E-state index contributed by atoms with van der Waals surface area (Å²) in [5.74, 6) is -0.453. The van der Waals surface area contributed by atoms with E-state index in [-0.39, 0.29) is 5.56 Å². The van der Waals surface area contributed by atoms with Crippen molar-refractivity contribution >= 4 is 12.0 Å². The van der Waals surface area contributed by atoms with Gasteiger partial charge in [0.15, 0.2) is 6.29 Å². The molecule has 1 aromatic carbocycles. The molecule has 1 aromatic rings. The van der Waals surface area contributed by atoms with Crippen LogP contribution in [0, 0.1) is 5.82 Å². The van der Waals surface area contributed by atoms with Gasteiger partial charge in [-0.1, -0.05) is 90.4 Å². The van der Waals surface area contributed by atoms with Crippen molar-refractivity contribution in [2.45, 2.75) is 96.8 Å². The van der Waals surface area contributed by atoms with E-state index >= 15 is 0 Å². The highest BCUT2D eigenvalue weighted by molar-refractivity contribution is 5.76. The highest BCUT2D eigenvalue weighted by Crippen LogP contribution is 2.15. The molecule has 1 rings (SSSR count). The van der Waals surface area contributed by atoms with Crippen molar-refractivity contribution in [2.75, 3.05) is 11.9 Å². The zero-order chi connectivity index (χ0) is 18.9. The quantitative estimate of drug-likeness (QED) is 0.229. The Morgan fingerprint density at radius 3 is 1.77 bits per heavy atom. The molecule has 0 unspecified atom stereocenters. The lowest BCUT2D eigenvalue weighted by Gasteiger charge is -2.07. The number of carbonyl (C=O) groups is 1. The Hall–Kier alpha value is -1.38. The fourth-order valence-electron chi connectivity index (χ4n) is 3.28. The molecular weight excluding hydrogens is 325 g/mol. The van der Waals surface area contributed by atoms with Gasteiger partial charge in [-0.05, 0) is 24.6 Å². The molecule has 26 heavy (non-hydrogen) atoms. The van der Waals surface area contributed by atoms with E-state index in [9.17, 15) is 9.18 Å². The van der Waals surface area contributed by atoms with Crippen LogP contribution in [0.5, 0.6) is 0 Å². The van der Waals surface area contributed by atoms with Crippen LogP contribution in [0.4, 0.5) is 10.1 Å². The fraction of sp³-hybridized carbons (Fsp3) is 0.696. The molecule has 0 bridgehead atoms. The summed E-state index contributed by atoms with van der Waals surface area (Å²) < 4.78 is 13.5. The highest BCUT2D eigenvalue weighted by atomic mass is 19.1. The van der Waals surface area contributed by atoms with Crippen LogP contribution >= 0.6 is 0 Å². The van der Waals surface area contributed by atoms with E-state index in [1.54, 1.807) is 6.07 Å². The van der Waals surface area contributed by atoms with Crippen molar-refractivity contribution < 1.29 is 9.18 Å². The van der Waals surface area contributed by atoms with E-state index < -0.39 is 5.82 Å². The third-order valence-electron chi connectivity index (χ3n) is 4.99. The summed E-state index contributed by atoms with van der Waals surface area (Å²) in [6.45, 7) is 3.13. The van der Waals surface area contributed by atoms with Crippen molar-refractivity contribution in [3.05, 3.63) is 29.6 Å². The van der Waals surface area contributed by atoms with Crippen molar-refractivity contribution in [3.63, 3.8) is 0 Å². The molecule has 3 heteroatoms. The van der Waals surface area contributed by atoms with Gasteiger partial charge < -0.3 is 5.32 Å². The number of rotatable bonds is 17. The predicted octanol–water partition coefficient (Wildman–Crippen LogP) is 7.53. The summed E-state index contributed by atoms with van der Waals surface area (Å²) in [5, 5.41) is 3.22. The number of hydrogen-bond acceptors (Lipinski definition) is 2. The Kier molecular flexibility index (Phi) is 13.8. The smallest absolute Gasteiger partial charge is 0.152 e. The van der Waals surface area contributed by atoms with E-state index in [2.05, 4.69) is 12.2 Å². The summed E-state index contributed by atoms with van der Waals surface area (Å²) in [4.78, 5) is 10.6. The molecule has 2 nitrogen and oxygen atoms in total. The first-order chi connectivity index (χ1) is 12.8. The number of nitrogens with one attached hydrogen (secondary N) is 1. The van der Waals surface area contributed by atoms with Crippen molar-refractivity contribution in [1.82, 2.24) is 0 Å². The van der Waals surface area contributed by atoms with E-state index in [0.717, 1.165) is 18.7 Å². The summed E-state index contributed by atoms with van der Waals surface area (Å²) >= 11 is 0. The second kappa shape index (κ2) is 15.8. The molecule has 0 aliphatic heterocycles. The zero-order valence-electron chi connectivity index (χ0n) is 16.7. The van der Waals surface area contributed by atoms with Gasteiger partial charge in [-0.25, -0.2) is 4.39 Å². The van der Waals surface area contributed by atoms with Gasteiger partial charge >= 0.3 is 0 Å². The molecule has 0 atom stereocenters. The Morgan fingerprint density at radius 1 is 0.808 bits per heavy atom. The maximum Gasteiger partial charge on any atom is 0.152 e. The second-order valence-electron chi connectivity index (χ2n) is 7.38. The van der Waals surface area contributed by atoms with Gasteiger partial charge in [0.05, 0.1) is 5.56 Å². The average Bonchev–Trinajstić information content (AvgIpc) is 2.65. The Morgan fingerprint density at radius 2 is 1.31 bits per heavy atom. The highest BCUT2D eigenvalue weighted by Gasteiger charge is 2.01. The SMILES string of the molecule is CCCCCCCCCCCCCCCCNc1ccc(C=O)c(F)c1. The summed E-state index contributed by atoms with van der Waals surface area (Å²) in [6, 6.07) is 4.68. The number of halogens is 1. The fourth-order valence-corrected chi connectivity index (χ4v) is 3.28. The van der Waals surface area contributed by atoms with Gasteiger partial charge in [-0.3, -0.25) is 4.79 Å². The number of hydrogen-bond donors (Lipinski definition) is 1. The largest absolute Gasteiger partial charge is 0.385 e. The second-order valence-corrected chi connectivity index (χ2v) is 7.38. The first-order valence-corrected chi connectivity index (χ1v) is 10.8. The third kappa shape index (κ3) is 11.3. The van der Waals surface area contributed by atoms with Crippen molar-refractivity contribution in [1.29, 1.82) is 0 Å². The van der Waals surface area contributed by atoms with Gasteiger partial charge in [0.25, 0.3) is 0 Å². The maximum absolute atomic E-state index is 13.5. The molecule has 0 aliphatic rings. The van der Waals surface area contributed by atoms with Gasteiger partial charge in [-0.15, -0.1) is 0 Å². The Labute approximate surface area is 160 Å². The zero-order valence-corrected chi connectivity index (χ0v) is 16.7. The van der Waals surface area contributed by atoms with Crippen LogP contribution in [-0.2, 0) is 0 Å². The van der Waals surface area contributed by atoms with E-state index in [1.165, 1.54) is 95.6 Å². The lowest BCUT2D eigenvalue weighted by Crippen LogP contribution is -2.02. The molecule has 0 radical (unpaired) electrons. The minimum Gasteiger partial charge on any atom is -0.385 e. The number of aldehydes is 1. The number of carbonyl (C=O) groups excluding carboxylic acids is 1. The van der Waals surface area contributed by atoms with Gasteiger partial charge in [0.1, 0.15) is 5.82 Å². The van der Waals surface area contributed by atoms with Gasteiger partial charge in [0.2, 0.25) is 0 Å². The normalized spacial score (nSPS) is 10.8. The first-order valence-electron chi connectivity index (χ1n) is 10.8. The Balaban J connectivity index is 1.85. The standard InChI is InChI=1S/C23H38FNO/c1-2-3-4-5-6-7-8-9-10-11-12-13-14-15-18-25-22-17-16-21(20-26)23(24)19-22/h16-17,19-20,25H,2-15,18H2,1H3. The van der Waals surface area contributed by atoms with Crippen molar-refractivity contribution in [3.8, 4) is 0 Å². The molecule has 0 heterocycles. The molecule has 148 valence electrons. The minimum atomic E-state index is -0.453. The van der Waals surface area contributed by atoms with E-state index in [1.807, 2.05) is 0 Å². The molecule has 0 amide bonds. The minimum absolute atomic E-state index is 0.118. The van der Waals surface area contributed by atoms with Crippen LogP contribution in [0.2, 0.25) is 0 Å². The number of anilines is 1. The summed E-state index contributed by atoms with van der Waals surface area (Å²) in [5.41, 5.74) is 0.870. The number of unbranched alkanes of at least 4 members (excludes halogenated alkanes) is 13. The molecule has 0 saturated heterocycles. The molecule has 0 saturated carbocycles. The predicted molar refractivity (Wildman–Crippen MR) is 111 cm³/mol. The average molecular weight is 364 g/mol. The van der Waals surface area contributed by atoms with E-state index in [4.69, 9.17) is 0 Å². The lowest BCUT2D eigenvalue weighted by molar-refractivity contribution is 0.112. The summed E-state index contributed by atoms with van der Waals surface area (Å²) in [7, 11) is 0. The molecular formula is C23H38FNO. The summed E-state index contributed by atoms with van der Waals surface area (Å²) in [6.07, 6.45) is 19.5. The van der Waals surface area contributed by atoms with Crippen LogP contribution in [0.25, 0.3) is 0 Å². The monoisotopic (exact) mass is 363 g/mol. The molecule has 0 aromatic heterocycles. The van der Waals surface area contributed by atoms with Crippen LogP contribution in [-0.4, -0.2) is 12.8 Å². The Bertz CT molecular complexity index is 475. The maximum atomic E-state index is 13.5. The van der Waals surface area contributed by atoms with Gasteiger partial charge in [-0.2, -0.15) is 0 Å². The molecule has 1 N–H and O–H groups in total. The topological polar surface area (TPSA) is 29.1 Å². The van der Waals surface area contributed by atoms with Crippen LogP contribution < -0.4 is 5.32 Å². The number of benzene rings is 1. The lowest BCUT2D eigenvalue weighted by atomic mass is 10.0. The first kappa shape index (κ1) is 22.7. The third-order valence-corrected chi connectivity index (χ3v) is 4.99. The molecule has 0 fully saturated rings. The van der Waals surface area contributed by atoms with Crippen molar-refractivity contribution in [2.24, 2.45) is 0 Å². The van der Waals surface area contributed by atoms with Crippen LogP contribution in [0.1, 0.15) is 107 Å². The van der Waals surface area contributed by atoms with Crippen LogP contribution in [0.3, 0.4) is 0 Å². The van der Waals surface area contributed by atoms with E-state index in [0.29, 0.717) is 6.29 Å². The van der Waals surface area contributed by atoms with Gasteiger partial charge in [0, 0.05) is 12.2 Å².